The standard InChI is InChI=1S/C37H38N2O5/c1-3-38(4-2)23-12-24-39-34(29-15-11-18-32(25-29)44-31-16-9-6-10-17-31)33(36(41)37(39)42)35(40)28-19-21-30(22-20-28)43-26-27-13-7-5-8-14-27/h5-11,13-22,25,34,40H,3-4,12,23-24,26H2,1-2H3/b35-33-. The SMILES string of the molecule is CCN(CC)CCCN1C(=O)C(=O)/C(=C(\O)c2ccc(OCc3ccccc3)cc2)C1c1cccc(Oc2ccccc2)c1. The number of Topliss-reactive ketones (excluding diaryl/α,β-unsaturated/α-hetero) is 1. The third-order valence-electron chi connectivity index (χ3n) is 7.84. The lowest BCUT2D eigenvalue weighted by Gasteiger charge is -2.27. The van der Waals surface area contributed by atoms with Crippen LogP contribution in [0.2, 0.25) is 0 Å². The number of amides is 1. The van der Waals surface area contributed by atoms with Crippen molar-refractivity contribution in [1.82, 2.24) is 9.80 Å². The van der Waals surface area contributed by atoms with Gasteiger partial charge < -0.3 is 24.4 Å². The summed E-state index contributed by atoms with van der Waals surface area (Å²) in [6.07, 6.45) is 0.693. The number of ketones is 1. The van der Waals surface area contributed by atoms with Crippen LogP contribution in [0.15, 0.2) is 115 Å². The van der Waals surface area contributed by atoms with Gasteiger partial charge in [-0.3, -0.25) is 9.59 Å². The van der Waals surface area contributed by atoms with Gasteiger partial charge in [0.1, 0.15) is 29.6 Å². The Labute approximate surface area is 259 Å². The topological polar surface area (TPSA) is 79.3 Å². The molecule has 0 saturated carbocycles. The third kappa shape index (κ3) is 7.18. The van der Waals surface area contributed by atoms with Crippen molar-refractivity contribution in [3.63, 3.8) is 0 Å². The van der Waals surface area contributed by atoms with Crippen molar-refractivity contribution in [1.29, 1.82) is 0 Å². The number of hydrogen-bond donors (Lipinski definition) is 1. The maximum atomic E-state index is 13.6. The first-order valence-electron chi connectivity index (χ1n) is 15.1. The molecule has 1 atom stereocenters. The van der Waals surface area contributed by atoms with E-state index in [1.54, 1.807) is 29.2 Å². The van der Waals surface area contributed by atoms with E-state index < -0.39 is 17.7 Å². The molecule has 1 saturated heterocycles. The predicted octanol–water partition coefficient (Wildman–Crippen LogP) is 7.21. The van der Waals surface area contributed by atoms with Crippen LogP contribution >= 0.6 is 0 Å². The second-order valence-corrected chi connectivity index (χ2v) is 10.7. The summed E-state index contributed by atoms with van der Waals surface area (Å²) in [5.41, 5.74) is 2.22. The molecule has 0 bridgehead atoms. The Hall–Kier alpha value is -4.88. The highest BCUT2D eigenvalue weighted by Gasteiger charge is 2.46. The van der Waals surface area contributed by atoms with E-state index in [2.05, 4.69) is 18.7 Å². The molecule has 0 spiro atoms. The summed E-state index contributed by atoms with van der Waals surface area (Å²) in [5.74, 6) is 0.338. The van der Waals surface area contributed by atoms with Gasteiger partial charge in [-0.1, -0.05) is 74.5 Å². The van der Waals surface area contributed by atoms with Gasteiger partial charge in [0.05, 0.1) is 11.6 Å². The summed E-state index contributed by atoms with van der Waals surface area (Å²) in [4.78, 5) is 30.9. The zero-order valence-electron chi connectivity index (χ0n) is 25.2. The van der Waals surface area contributed by atoms with Crippen LogP contribution in [0.3, 0.4) is 0 Å². The Balaban J connectivity index is 1.46. The minimum Gasteiger partial charge on any atom is -0.507 e. The van der Waals surface area contributed by atoms with Crippen molar-refractivity contribution >= 4 is 17.4 Å². The number of benzene rings is 4. The highest BCUT2D eigenvalue weighted by molar-refractivity contribution is 6.46. The first-order chi connectivity index (χ1) is 21.5. The largest absolute Gasteiger partial charge is 0.507 e. The lowest BCUT2D eigenvalue weighted by molar-refractivity contribution is -0.140. The van der Waals surface area contributed by atoms with Gasteiger partial charge in [-0.05, 0) is 85.7 Å². The molecule has 1 N–H and O–H groups in total. The summed E-state index contributed by atoms with van der Waals surface area (Å²) in [6, 6.07) is 32.8. The molecule has 4 aromatic rings. The second kappa shape index (κ2) is 14.5. The van der Waals surface area contributed by atoms with Crippen molar-refractivity contribution < 1.29 is 24.2 Å². The van der Waals surface area contributed by atoms with E-state index in [1.165, 1.54) is 0 Å². The molecule has 1 fully saturated rings. The molecule has 44 heavy (non-hydrogen) atoms. The summed E-state index contributed by atoms with van der Waals surface area (Å²) in [5, 5.41) is 11.6. The fourth-order valence-electron chi connectivity index (χ4n) is 5.44. The van der Waals surface area contributed by atoms with Gasteiger partial charge in [0.2, 0.25) is 0 Å². The maximum absolute atomic E-state index is 13.6. The molecule has 1 aliphatic heterocycles. The van der Waals surface area contributed by atoms with Crippen LogP contribution in [0.25, 0.3) is 5.76 Å². The van der Waals surface area contributed by atoms with Gasteiger partial charge in [-0.15, -0.1) is 0 Å². The molecule has 1 heterocycles. The van der Waals surface area contributed by atoms with E-state index in [0.29, 0.717) is 47.9 Å². The average molecular weight is 591 g/mol. The van der Waals surface area contributed by atoms with Crippen LogP contribution in [0.1, 0.15) is 43.0 Å². The quantitative estimate of drug-likeness (QED) is 0.101. The minimum atomic E-state index is -0.764. The lowest BCUT2D eigenvalue weighted by Crippen LogP contribution is -2.33. The van der Waals surface area contributed by atoms with Crippen molar-refractivity contribution in [2.24, 2.45) is 0 Å². The average Bonchev–Trinajstić information content (AvgIpc) is 3.32. The van der Waals surface area contributed by atoms with E-state index in [-0.39, 0.29) is 11.3 Å². The highest BCUT2D eigenvalue weighted by Crippen LogP contribution is 2.41. The summed E-state index contributed by atoms with van der Waals surface area (Å²) >= 11 is 0. The number of likely N-dealkylation sites (tertiary alicyclic amines) is 1. The van der Waals surface area contributed by atoms with Crippen molar-refractivity contribution in [3.05, 3.63) is 131 Å². The summed E-state index contributed by atoms with van der Waals surface area (Å²) in [6.45, 7) is 7.60. The second-order valence-electron chi connectivity index (χ2n) is 10.7. The molecule has 5 rings (SSSR count). The number of aliphatic hydroxyl groups excluding tert-OH is 1. The molecule has 7 nitrogen and oxygen atoms in total. The van der Waals surface area contributed by atoms with Crippen molar-refractivity contribution in [2.45, 2.75) is 32.9 Å². The number of carbonyl (C=O) groups excluding carboxylic acids is 2. The van der Waals surface area contributed by atoms with Gasteiger partial charge in [0.15, 0.2) is 0 Å². The number of rotatable bonds is 13. The van der Waals surface area contributed by atoms with Crippen LogP contribution in [0.5, 0.6) is 17.2 Å². The van der Waals surface area contributed by atoms with Gasteiger partial charge in [-0.25, -0.2) is 0 Å². The first-order valence-corrected chi connectivity index (χ1v) is 15.1. The normalized spacial score (nSPS) is 16.0. The molecule has 1 amide bonds. The molecule has 0 aliphatic carbocycles. The Bertz CT molecular complexity index is 1580. The zero-order chi connectivity index (χ0) is 30.9. The van der Waals surface area contributed by atoms with Crippen LogP contribution in [-0.2, 0) is 16.2 Å². The third-order valence-corrected chi connectivity index (χ3v) is 7.84. The van der Waals surface area contributed by atoms with Gasteiger partial charge in [0.25, 0.3) is 11.7 Å². The Kier molecular flexibility index (Phi) is 10.1. The number of nitrogens with zero attached hydrogens (tertiary/aromatic N) is 2. The molecule has 1 aliphatic rings. The number of para-hydroxylation sites is 1. The molecule has 1 unspecified atom stereocenters. The van der Waals surface area contributed by atoms with Gasteiger partial charge in [-0.2, -0.15) is 0 Å². The zero-order valence-corrected chi connectivity index (χ0v) is 25.2. The minimum absolute atomic E-state index is 0.0626. The molecule has 226 valence electrons. The lowest BCUT2D eigenvalue weighted by atomic mass is 9.95. The number of aliphatic hydroxyl groups is 1. The monoisotopic (exact) mass is 590 g/mol. The molecule has 0 radical (unpaired) electrons. The predicted molar refractivity (Wildman–Crippen MR) is 172 cm³/mol. The van der Waals surface area contributed by atoms with Crippen LogP contribution in [0.4, 0.5) is 0 Å². The molecular weight excluding hydrogens is 552 g/mol. The molecule has 7 heteroatoms. The van der Waals surface area contributed by atoms with E-state index in [4.69, 9.17) is 9.47 Å². The Morgan fingerprint density at radius 1 is 0.795 bits per heavy atom. The fourth-order valence-corrected chi connectivity index (χ4v) is 5.44. The fraction of sp³-hybridized carbons (Fsp3) is 0.243. The first kappa shape index (κ1) is 30.6. The highest BCUT2D eigenvalue weighted by atomic mass is 16.5. The van der Waals surface area contributed by atoms with Crippen molar-refractivity contribution in [2.75, 3.05) is 26.2 Å². The van der Waals surface area contributed by atoms with Crippen LogP contribution in [0, 0.1) is 0 Å². The Morgan fingerprint density at radius 2 is 1.45 bits per heavy atom. The number of carbonyl (C=O) groups is 2. The summed E-state index contributed by atoms with van der Waals surface area (Å²) < 4.78 is 12.0. The van der Waals surface area contributed by atoms with E-state index in [9.17, 15) is 14.7 Å². The summed E-state index contributed by atoms with van der Waals surface area (Å²) in [7, 11) is 0. The van der Waals surface area contributed by atoms with Gasteiger partial charge >= 0.3 is 0 Å². The molecular formula is C37H38N2O5. The Morgan fingerprint density at radius 3 is 2.14 bits per heavy atom. The number of hydrogen-bond acceptors (Lipinski definition) is 6. The van der Waals surface area contributed by atoms with Crippen molar-refractivity contribution in [3.8, 4) is 17.2 Å². The molecule has 4 aromatic carbocycles. The van der Waals surface area contributed by atoms with E-state index in [0.717, 1.165) is 25.2 Å². The maximum Gasteiger partial charge on any atom is 0.295 e. The smallest absolute Gasteiger partial charge is 0.295 e. The van der Waals surface area contributed by atoms with Crippen LogP contribution in [-0.4, -0.2) is 52.8 Å². The van der Waals surface area contributed by atoms with Gasteiger partial charge in [0, 0.05) is 12.1 Å². The number of ether oxygens (including phenoxy) is 2. The van der Waals surface area contributed by atoms with E-state index in [1.807, 2.05) is 84.9 Å². The van der Waals surface area contributed by atoms with Crippen LogP contribution < -0.4 is 9.47 Å². The van der Waals surface area contributed by atoms with E-state index >= 15 is 0 Å². The molecule has 0 aromatic heterocycles.